The summed E-state index contributed by atoms with van der Waals surface area (Å²) in [6, 6.07) is 0.142. The Morgan fingerprint density at radius 1 is 1.58 bits per heavy atom. The van der Waals surface area contributed by atoms with Gasteiger partial charge in [0.15, 0.2) is 4.96 Å². The van der Waals surface area contributed by atoms with Crippen LogP contribution in [0.25, 0.3) is 4.96 Å². The third-order valence-corrected chi connectivity index (χ3v) is 4.55. The topological polar surface area (TPSA) is 69.3 Å². The molecule has 100 valence electrons. The third-order valence-electron chi connectivity index (χ3n) is 2.90. The van der Waals surface area contributed by atoms with Crippen LogP contribution in [0.3, 0.4) is 0 Å². The number of oxazole rings is 1. The average Bonchev–Trinajstić information content (AvgIpc) is 3.10. The number of nitrogens with zero attached hydrogens (tertiary/aromatic N) is 3. The molecule has 0 saturated heterocycles. The highest BCUT2D eigenvalue weighted by Crippen LogP contribution is 2.31. The van der Waals surface area contributed by atoms with Gasteiger partial charge in [-0.05, 0) is 18.2 Å². The van der Waals surface area contributed by atoms with Crippen LogP contribution in [-0.4, -0.2) is 20.4 Å². The third kappa shape index (κ3) is 2.54. The van der Waals surface area contributed by atoms with Gasteiger partial charge in [0.25, 0.3) is 5.22 Å². The van der Waals surface area contributed by atoms with Crippen LogP contribution in [0.15, 0.2) is 38.7 Å². The second-order valence-corrected chi connectivity index (χ2v) is 6.00. The minimum atomic E-state index is 0.142. The maximum atomic E-state index is 6.08. The van der Waals surface area contributed by atoms with E-state index in [1.807, 2.05) is 11.6 Å². The van der Waals surface area contributed by atoms with Crippen molar-refractivity contribution in [3.05, 3.63) is 29.7 Å². The van der Waals surface area contributed by atoms with Crippen molar-refractivity contribution < 1.29 is 4.42 Å². The lowest BCUT2D eigenvalue weighted by atomic mass is 10.1. The van der Waals surface area contributed by atoms with Crippen LogP contribution in [-0.2, 0) is 6.42 Å². The Bertz CT molecular complexity index is 658. The normalized spacial score (nSPS) is 13.2. The van der Waals surface area contributed by atoms with Crippen molar-refractivity contribution in [3.63, 3.8) is 0 Å². The molecule has 3 aromatic heterocycles. The smallest absolute Gasteiger partial charge is 0.262 e. The molecule has 0 aliphatic rings. The van der Waals surface area contributed by atoms with Gasteiger partial charge in [-0.2, -0.15) is 0 Å². The molecular formula is C12H14N4OS2. The maximum Gasteiger partial charge on any atom is 0.262 e. The molecule has 0 spiro atoms. The number of thiazole rings is 1. The number of hydrogen-bond acceptors (Lipinski definition) is 6. The fraction of sp³-hybridized carbons (Fsp3) is 0.333. The lowest BCUT2D eigenvalue weighted by molar-refractivity contribution is 0.454. The minimum Gasteiger partial charge on any atom is -0.440 e. The Morgan fingerprint density at radius 3 is 3.21 bits per heavy atom. The number of rotatable bonds is 5. The zero-order valence-electron chi connectivity index (χ0n) is 10.4. The van der Waals surface area contributed by atoms with Crippen molar-refractivity contribution >= 4 is 28.1 Å². The summed E-state index contributed by atoms with van der Waals surface area (Å²) < 4.78 is 7.37. The molecule has 7 heteroatoms. The van der Waals surface area contributed by atoms with Crippen LogP contribution >= 0.6 is 23.1 Å². The maximum absolute atomic E-state index is 6.08. The monoisotopic (exact) mass is 294 g/mol. The molecule has 5 nitrogen and oxygen atoms in total. The Hall–Kier alpha value is -1.31. The largest absolute Gasteiger partial charge is 0.440 e. The predicted octanol–water partition coefficient (Wildman–Crippen LogP) is 2.81. The van der Waals surface area contributed by atoms with Crippen molar-refractivity contribution in [2.24, 2.45) is 5.73 Å². The minimum absolute atomic E-state index is 0.142. The quantitative estimate of drug-likeness (QED) is 0.783. The highest BCUT2D eigenvalue weighted by Gasteiger charge is 2.17. The fourth-order valence-corrected chi connectivity index (χ4v) is 3.42. The second kappa shape index (κ2) is 5.36. The lowest BCUT2D eigenvalue weighted by Gasteiger charge is -2.08. The number of nitrogens with two attached hydrogens (primary N) is 1. The van der Waals surface area contributed by atoms with Crippen molar-refractivity contribution in [1.82, 2.24) is 14.4 Å². The van der Waals surface area contributed by atoms with E-state index in [0.29, 0.717) is 5.22 Å². The molecule has 0 saturated carbocycles. The highest BCUT2D eigenvalue weighted by atomic mass is 32.2. The molecule has 3 aromatic rings. The molecule has 0 aliphatic heterocycles. The summed E-state index contributed by atoms with van der Waals surface area (Å²) in [5, 5.41) is 3.57. The van der Waals surface area contributed by atoms with E-state index >= 15 is 0 Å². The summed E-state index contributed by atoms with van der Waals surface area (Å²) in [5.41, 5.74) is 7.21. The number of fused-ring (bicyclic) bond motifs is 1. The highest BCUT2D eigenvalue weighted by molar-refractivity contribution is 7.99. The van der Waals surface area contributed by atoms with Crippen LogP contribution in [0.2, 0.25) is 0 Å². The van der Waals surface area contributed by atoms with E-state index in [0.717, 1.165) is 28.5 Å². The fourth-order valence-electron chi connectivity index (χ4n) is 1.82. The molecule has 3 rings (SSSR count). The van der Waals surface area contributed by atoms with E-state index in [4.69, 9.17) is 10.2 Å². The molecule has 1 atom stereocenters. The van der Waals surface area contributed by atoms with E-state index in [1.54, 1.807) is 23.8 Å². The molecule has 0 aliphatic carbocycles. The zero-order valence-corrected chi connectivity index (χ0v) is 12.1. The first-order valence-corrected chi connectivity index (χ1v) is 7.75. The Kier molecular flexibility index (Phi) is 3.58. The lowest BCUT2D eigenvalue weighted by Crippen LogP contribution is -2.22. The zero-order chi connectivity index (χ0) is 13.2. The van der Waals surface area contributed by atoms with Gasteiger partial charge in [-0.3, -0.25) is 4.40 Å². The van der Waals surface area contributed by atoms with E-state index < -0.39 is 0 Å². The Balaban J connectivity index is 1.97. The molecule has 0 radical (unpaired) electrons. The Morgan fingerprint density at radius 2 is 2.47 bits per heavy atom. The number of hydrogen-bond donors (Lipinski definition) is 1. The van der Waals surface area contributed by atoms with Crippen LogP contribution in [0.5, 0.6) is 0 Å². The molecule has 0 fully saturated rings. The van der Waals surface area contributed by atoms with Gasteiger partial charge in [0.1, 0.15) is 11.3 Å². The first kappa shape index (κ1) is 12.7. The molecule has 3 heterocycles. The van der Waals surface area contributed by atoms with Gasteiger partial charge < -0.3 is 10.2 Å². The molecule has 2 N–H and O–H groups in total. The van der Waals surface area contributed by atoms with Crippen molar-refractivity contribution in [2.75, 3.05) is 0 Å². The van der Waals surface area contributed by atoms with Crippen LogP contribution in [0, 0.1) is 0 Å². The van der Waals surface area contributed by atoms with E-state index in [2.05, 4.69) is 21.3 Å². The summed E-state index contributed by atoms with van der Waals surface area (Å²) in [7, 11) is 0. The SMILES string of the molecule is CCC(N)Cc1c(Sc2ncco2)nc2sccn12. The first-order valence-electron chi connectivity index (χ1n) is 6.05. The van der Waals surface area contributed by atoms with E-state index in [1.165, 1.54) is 11.8 Å². The molecule has 0 bridgehead atoms. The van der Waals surface area contributed by atoms with Gasteiger partial charge in [-0.25, -0.2) is 9.97 Å². The van der Waals surface area contributed by atoms with Crippen LogP contribution in [0.1, 0.15) is 19.0 Å². The van der Waals surface area contributed by atoms with Gasteiger partial charge in [-0.15, -0.1) is 11.3 Å². The van der Waals surface area contributed by atoms with E-state index in [-0.39, 0.29) is 6.04 Å². The van der Waals surface area contributed by atoms with Crippen molar-refractivity contribution in [1.29, 1.82) is 0 Å². The van der Waals surface area contributed by atoms with E-state index in [9.17, 15) is 0 Å². The standard InChI is InChI=1S/C12H14N4OS2/c1-2-8(13)7-9-10(19-12-14-3-5-17-12)15-11-16(9)4-6-18-11/h3-6,8H,2,7,13H2,1H3. The average molecular weight is 294 g/mol. The molecule has 1 unspecified atom stereocenters. The van der Waals surface area contributed by atoms with Crippen LogP contribution in [0.4, 0.5) is 0 Å². The van der Waals surface area contributed by atoms with Gasteiger partial charge in [0.05, 0.1) is 11.9 Å². The molecule has 19 heavy (non-hydrogen) atoms. The van der Waals surface area contributed by atoms with Gasteiger partial charge in [-0.1, -0.05) is 6.92 Å². The molecule has 0 aromatic carbocycles. The summed E-state index contributed by atoms with van der Waals surface area (Å²) in [5.74, 6) is 0. The van der Waals surface area contributed by atoms with Gasteiger partial charge >= 0.3 is 0 Å². The first-order chi connectivity index (χ1) is 9.28. The summed E-state index contributed by atoms with van der Waals surface area (Å²) in [6.45, 7) is 2.09. The molecule has 0 amide bonds. The second-order valence-electron chi connectivity index (χ2n) is 4.19. The van der Waals surface area contributed by atoms with Crippen molar-refractivity contribution in [3.8, 4) is 0 Å². The van der Waals surface area contributed by atoms with Crippen LogP contribution < -0.4 is 5.73 Å². The number of imidazole rings is 1. The summed E-state index contributed by atoms with van der Waals surface area (Å²) in [4.78, 5) is 9.73. The van der Waals surface area contributed by atoms with Gasteiger partial charge in [0.2, 0.25) is 0 Å². The van der Waals surface area contributed by atoms with Gasteiger partial charge in [0, 0.05) is 24.0 Å². The molecular weight excluding hydrogens is 280 g/mol. The van der Waals surface area contributed by atoms with Crippen molar-refractivity contribution in [2.45, 2.75) is 36.1 Å². The number of aromatic nitrogens is 3. The Labute approximate surface area is 118 Å². The predicted molar refractivity (Wildman–Crippen MR) is 75.7 cm³/mol. The summed E-state index contributed by atoms with van der Waals surface area (Å²) in [6.07, 6.45) is 6.98. The summed E-state index contributed by atoms with van der Waals surface area (Å²) >= 11 is 3.06.